The number of carbonyl (C=O) groups is 1. The maximum Gasteiger partial charge on any atom is 0.306 e. The first kappa shape index (κ1) is 31.8. The minimum Gasteiger partial charge on any atom is -0.466 e. The van der Waals surface area contributed by atoms with Crippen LogP contribution in [0.2, 0.25) is 0 Å². The summed E-state index contributed by atoms with van der Waals surface area (Å²) in [5.41, 5.74) is 0. The number of ether oxygens (including phenoxy) is 1. The highest BCUT2D eigenvalue weighted by Crippen LogP contribution is 2.14. The summed E-state index contributed by atoms with van der Waals surface area (Å²) < 4.78 is 5.39. The van der Waals surface area contributed by atoms with E-state index in [2.05, 4.69) is 13.8 Å². The van der Waals surface area contributed by atoms with Crippen LogP contribution in [-0.2, 0) is 9.53 Å². The highest BCUT2D eigenvalue weighted by atomic mass is 32.2. The van der Waals surface area contributed by atoms with Gasteiger partial charge in [-0.25, -0.2) is 0 Å². The molecule has 0 aromatic heterocycles. The Labute approximate surface area is 206 Å². The van der Waals surface area contributed by atoms with Gasteiger partial charge in [0.1, 0.15) is 0 Å². The van der Waals surface area contributed by atoms with Crippen LogP contribution in [0.4, 0.5) is 0 Å². The summed E-state index contributed by atoms with van der Waals surface area (Å²) in [5, 5.41) is 0. The summed E-state index contributed by atoms with van der Waals surface area (Å²) in [6.45, 7) is 5.18. The highest BCUT2D eigenvalue weighted by molar-refractivity contribution is 7.99. The largest absolute Gasteiger partial charge is 0.466 e. The molecule has 3 heteroatoms. The maximum absolute atomic E-state index is 11.8. The number of unbranched alkanes of at least 4 members (excludes halogenated alkanes) is 20. The van der Waals surface area contributed by atoms with Gasteiger partial charge in [-0.2, -0.15) is 11.8 Å². The Hall–Kier alpha value is -0.180. The van der Waals surface area contributed by atoms with Gasteiger partial charge in [0.05, 0.1) is 13.0 Å². The lowest BCUT2D eigenvalue weighted by Crippen LogP contribution is -2.07. The first-order chi connectivity index (χ1) is 15.8. The van der Waals surface area contributed by atoms with Gasteiger partial charge in [0, 0.05) is 5.75 Å². The van der Waals surface area contributed by atoms with Crippen LogP contribution < -0.4 is 0 Å². The third-order valence-corrected chi connectivity index (χ3v) is 7.42. The van der Waals surface area contributed by atoms with Crippen molar-refractivity contribution in [1.82, 2.24) is 0 Å². The molecule has 0 aromatic carbocycles. The number of rotatable bonds is 27. The van der Waals surface area contributed by atoms with Crippen LogP contribution in [-0.4, -0.2) is 24.1 Å². The number of esters is 1. The van der Waals surface area contributed by atoms with Crippen LogP contribution in [0.15, 0.2) is 0 Å². The highest BCUT2D eigenvalue weighted by Gasteiger charge is 2.03. The molecule has 0 aliphatic rings. The predicted octanol–water partition coefficient (Wildman–Crippen LogP) is 10.3. The number of hydrogen-bond acceptors (Lipinski definition) is 3. The van der Waals surface area contributed by atoms with Crippen molar-refractivity contribution in [3.05, 3.63) is 0 Å². The van der Waals surface area contributed by atoms with Crippen molar-refractivity contribution in [3.8, 4) is 0 Å². The van der Waals surface area contributed by atoms with Gasteiger partial charge in [0.15, 0.2) is 0 Å². The predicted molar refractivity (Wildman–Crippen MR) is 146 cm³/mol. The molecular weight excluding hydrogens is 412 g/mol. The summed E-state index contributed by atoms with van der Waals surface area (Å²) in [6, 6.07) is 0. The van der Waals surface area contributed by atoms with Crippen molar-refractivity contribution < 1.29 is 9.53 Å². The Kier molecular flexibility index (Phi) is 28.7. The molecular formula is C29H58O2S. The van der Waals surface area contributed by atoms with Crippen molar-refractivity contribution >= 4 is 17.7 Å². The zero-order chi connectivity index (χ0) is 23.4. The van der Waals surface area contributed by atoms with Gasteiger partial charge < -0.3 is 4.74 Å². The lowest BCUT2D eigenvalue weighted by atomic mass is 10.1. The van der Waals surface area contributed by atoms with Gasteiger partial charge in [-0.3, -0.25) is 4.79 Å². The Morgan fingerprint density at radius 3 is 1.31 bits per heavy atom. The van der Waals surface area contributed by atoms with E-state index in [1.807, 2.05) is 11.8 Å². The minimum atomic E-state index is 0.00338. The molecule has 0 bridgehead atoms. The summed E-state index contributed by atoms with van der Waals surface area (Å²) in [5.74, 6) is 2.13. The van der Waals surface area contributed by atoms with E-state index in [1.54, 1.807) is 0 Å². The normalized spacial score (nSPS) is 11.2. The molecule has 0 aromatic rings. The van der Waals surface area contributed by atoms with Crippen LogP contribution in [0, 0.1) is 0 Å². The van der Waals surface area contributed by atoms with E-state index in [1.165, 1.54) is 141 Å². The SMILES string of the molecule is CCCCCCCCCCCCCCOC(=O)CCSCCCCCCCCCCCC. The molecule has 0 aliphatic carbocycles. The molecule has 0 saturated heterocycles. The molecule has 0 rings (SSSR count). The number of thioether (sulfide) groups is 1. The Morgan fingerprint density at radius 1 is 0.500 bits per heavy atom. The zero-order valence-electron chi connectivity index (χ0n) is 22.1. The summed E-state index contributed by atoms with van der Waals surface area (Å²) in [4.78, 5) is 11.8. The van der Waals surface area contributed by atoms with Crippen LogP contribution in [0.1, 0.15) is 162 Å². The number of hydrogen-bond donors (Lipinski definition) is 0. The van der Waals surface area contributed by atoms with Crippen molar-refractivity contribution in [2.45, 2.75) is 162 Å². The van der Waals surface area contributed by atoms with Crippen molar-refractivity contribution in [2.24, 2.45) is 0 Å². The third-order valence-electron chi connectivity index (χ3n) is 6.35. The molecule has 0 radical (unpaired) electrons. The van der Waals surface area contributed by atoms with Crippen LogP contribution in [0.25, 0.3) is 0 Å². The third kappa shape index (κ3) is 27.9. The number of carbonyl (C=O) groups excluding carboxylic acids is 1. The lowest BCUT2D eigenvalue weighted by molar-refractivity contribution is -0.143. The standard InChI is InChI=1S/C29H58O2S/c1-3-5-7-9-11-13-15-16-17-19-21-23-26-31-29(30)25-28-32-27-24-22-20-18-14-12-10-8-6-4-2/h3-28H2,1-2H3. The summed E-state index contributed by atoms with van der Waals surface area (Å²) in [6.07, 6.45) is 30.6. The molecule has 0 saturated carbocycles. The van der Waals surface area contributed by atoms with Gasteiger partial charge in [0.25, 0.3) is 0 Å². The van der Waals surface area contributed by atoms with Gasteiger partial charge in [-0.05, 0) is 18.6 Å². The van der Waals surface area contributed by atoms with E-state index in [4.69, 9.17) is 4.74 Å². The topological polar surface area (TPSA) is 26.3 Å². The van der Waals surface area contributed by atoms with Gasteiger partial charge >= 0.3 is 5.97 Å². The van der Waals surface area contributed by atoms with E-state index in [0.29, 0.717) is 13.0 Å². The Balaban J connectivity index is 3.14. The average Bonchev–Trinajstić information content (AvgIpc) is 2.80. The zero-order valence-corrected chi connectivity index (χ0v) is 22.9. The fourth-order valence-corrected chi connectivity index (χ4v) is 5.07. The monoisotopic (exact) mass is 470 g/mol. The van der Waals surface area contributed by atoms with Gasteiger partial charge in [-0.15, -0.1) is 0 Å². The van der Waals surface area contributed by atoms with Crippen LogP contribution >= 0.6 is 11.8 Å². The smallest absolute Gasteiger partial charge is 0.306 e. The van der Waals surface area contributed by atoms with Gasteiger partial charge in [0.2, 0.25) is 0 Å². The second kappa shape index (κ2) is 28.9. The van der Waals surface area contributed by atoms with Gasteiger partial charge in [-0.1, -0.05) is 142 Å². The second-order valence-electron chi connectivity index (χ2n) is 9.65. The Morgan fingerprint density at radius 2 is 0.875 bits per heavy atom. The van der Waals surface area contributed by atoms with E-state index in [0.717, 1.165) is 12.2 Å². The van der Waals surface area contributed by atoms with E-state index < -0.39 is 0 Å². The second-order valence-corrected chi connectivity index (χ2v) is 10.9. The molecule has 0 atom stereocenters. The van der Waals surface area contributed by atoms with Crippen molar-refractivity contribution in [1.29, 1.82) is 0 Å². The molecule has 0 aliphatic heterocycles. The molecule has 32 heavy (non-hydrogen) atoms. The molecule has 0 unspecified atom stereocenters. The quantitative estimate of drug-likeness (QED) is 0.0882. The van der Waals surface area contributed by atoms with Crippen molar-refractivity contribution in [2.75, 3.05) is 18.1 Å². The van der Waals surface area contributed by atoms with Crippen LogP contribution in [0.5, 0.6) is 0 Å². The molecule has 0 N–H and O–H groups in total. The minimum absolute atomic E-state index is 0.00338. The first-order valence-corrected chi connectivity index (χ1v) is 15.7. The molecule has 0 spiro atoms. The van der Waals surface area contributed by atoms with E-state index in [-0.39, 0.29) is 5.97 Å². The van der Waals surface area contributed by atoms with E-state index >= 15 is 0 Å². The molecule has 192 valence electrons. The fraction of sp³-hybridized carbons (Fsp3) is 0.966. The summed E-state index contributed by atoms with van der Waals surface area (Å²) >= 11 is 1.92. The molecule has 2 nitrogen and oxygen atoms in total. The van der Waals surface area contributed by atoms with E-state index in [9.17, 15) is 4.79 Å². The molecule has 0 amide bonds. The maximum atomic E-state index is 11.8. The van der Waals surface area contributed by atoms with Crippen LogP contribution in [0.3, 0.4) is 0 Å². The molecule has 0 fully saturated rings. The first-order valence-electron chi connectivity index (χ1n) is 14.5. The fourth-order valence-electron chi connectivity index (χ4n) is 4.15. The molecule has 0 heterocycles. The lowest BCUT2D eigenvalue weighted by Gasteiger charge is -2.06. The van der Waals surface area contributed by atoms with Crippen molar-refractivity contribution in [3.63, 3.8) is 0 Å². The average molecular weight is 471 g/mol. The summed E-state index contributed by atoms with van der Waals surface area (Å²) in [7, 11) is 0. The Bertz CT molecular complexity index is 327.